The number of hydrogen-bond donors (Lipinski definition) is 1. The Hall–Kier alpha value is -0.903. The zero-order valence-corrected chi connectivity index (χ0v) is 17.2. The van der Waals surface area contributed by atoms with Crippen LogP contribution in [0.4, 0.5) is 0 Å². The van der Waals surface area contributed by atoms with E-state index in [0.717, 1.165) is 19.3 Å². The van der Waals surface area contributed by atoms with Gasteiger partial charge in [-0.15, -0.1) is 0 Å². The van der Waals surface area contributed by atoms with Crippen LogP contribution in [0.5, 0.6) is 0 Å². The lowest BCUT2D eigenvalue weighted by atomic mass is 10.0. The molecular formula is C21H36O2Si. The molecule has 0 aliphatic rings. The molecule has 0 bridgehead atoms. The van der Waals surface area contributed by atoms with E-state index in [2.05, 4.69) is 70.3 Å². The lowest BCUT2D eigenvalue weighted by Crippen LogP contribution is -2.43. The Morgan fingerprint density at radius 1 is 1.08 bits per heavy atom. The number of unbranched alkanes of at least 4 members (excludes halogenated alkanes) is 1. The van der Waals surface area contributed by atoms with Crippen molar-refractivity contribution in [1.82, 2.24) is 0 Å². The highest BCUT2D eigenvalue weighted by molar-refractivity contribution is 6.74. The van der Waals surface area contributed by atoms with E-state index in [1.165, 1.54) is 18.4 Å². The van der Waals surface area contributed by atoms with Crippen molar-refractivity contribution in [2.24, 2.45) is 0 Å². The van der Waals surface area contributed by atoms with Gasteiger partial charge in [0.15, 0.2) is 8.32 Å². The first-order valence-corrected chi connectivity index (χ1v) is 12.1. The number of rotatable bonds is 10. The van der Waals surface area contributed by atoms with Gasteiger partial charge in [-0.25, -0.2) is 0 Å². The Balaban J connectivity index is 2.51. The topological polar surface area (TPSA) is 29.5 Å². The minimum absolute atomic E-state index is 0.112. The Bertz CT molecular complexity index is 474. The highest BCUT2D eigenvalue weighted by Crippen LogP contribution is 2.38. The van der Waals surface area contributed by atoms with Crippen LogP contribution in [-0.4, -0.2) is 26.1 Å². The summed E-state index contributed by atoms with van der Waals surface area (Å²) < 4.78 is 6.61. The van der Waals surface area contributed by atoms with Crippen molar-refractivity contribution in [3.8, 4) is 0 Å². The zero-order chi connectivity index (χ0) is 18.1. The third kappa shape index (κ3) is 7.78. The van der Waals surface area contributed by atoms with Gasteiger partial charge in [0.2, 0.25) is 0 Å². The molecule has 1 aromatic rings. The van der Waals surface area contributed by atoms with E-state index < -0.39 is 8.32 Å². The fourth-order valence-corrected chi connectivity index (χ4v) is 3.89. The summed E-state index contributed by atoms with van der Waals surface area (Å²) in [5.41, 5.74) is 1.42. The third-order valence-electron chi connectivity index (χ3n) is 5.02. The fourth-order valence-electron chi connectivity index (χ4n) is 2.49. The molecule has 0 spiro atoms. The van der Waals surface area contributed by atoms with Crippen LogP contribution in [-0.2, 0) is 10.8 Å². The Kier molecular flexibility index (Phi) is 8.96. The number of aliphatic hydroxyl groups is 1. The molecule has 0 heterocycles. The zero-order valence-electron chi connectivity index (χ0n) is 16.2. The Morgan fingerprint density at radius 2 is 1.75 bits per heavy atom. The summed E-state index contributed by atoms with van der Waals surface area (Å²) in [5, 5.41) is 9.19. The van der Waals surface area contributed by atoms with E-state index in [1.807, 2.05) is 6.08 Å². The molecule has 1 rings (SSSR count). The van der Waals surface area contributed by atoms with Crippen LogP contribution in [0.15, 0.2) is 42.5 Å². The van der Waals surface area contributed by atoms with Crippen LogP contribution in [0.3, 0.4) is 0 Å². The molecule has 0 saturated carbocycles. The summed E-state index contributed by atoms with van der Waals surface area (Å²) in [6.07, 6.45) is 9.67. The summed E-state index contributed by atoms with van der Waals surface area (Å²) in [7, 11) is -1.75. The molecular weight excluding hydrogens is 312 g/mol. The SMILES string of the molecule is CC(C)(C)[Si](C)(C)O[C@@H](C/C=C/CO)CCCCc1ccccc1. The van der Waals surface area contributed by atoms with Crippen LogP contribution in [0.25, 0.3) is 0 Å². The van der Waals surface area contributed by atoms with E-state index in [4.69, 9.17) is 9.53 Å². The quantitative estimate of drug-likeness (QED) is 0.332. The smallest absolute Gasteiger partial charge is 0.192 e. The van der Waals surface area contributed by atoms with E-state index in [9.17, 15) is 0 Å². The highest BCUT2D eigenvalue weighted by atomic mass is 28.4. The van der Waals surface area contributed by atoms with Crippen molar-refractivity contribution in [2.45, 2.75) is 77.1 Å². The van der Waals surface area contributed by atoms with Crippen molar-refractivity contribution < 1.29 is 9.53 Å². The highest BCUT2D eigenvalue weighted by Gasteiger charge is 2.38. The molecule has 0 unspecified atom stereocenters. The predicted molar refractivity (Wildman–Crippen MR) is 107 cm³/mol. The summed E-state index contributed by atoms with van der Waals surface area (Å²) in [4.78, 5) is 0. The van der Waals surface area contributed by atoms with Gasteiger partial charge in [-0.3, -0.25) is 0 Å². The first-order valence-electron chi connectivity index (χ1n) is 9.24. The number of benzene rings is 1. The summed E-state index contributed by atoms with van der Waals surface area (Å²) in [6, 6.07) is 10.7. The molecule has 0 aromatic heterocycles. The molecule has 0 amide bonds. The molecule has 24 heavy (non-hydrogen) atoms. The van der Waals surface area contributed by atoms with Crippen molar-refractivity contribution in [2.75, 3.05) is 6.61 Å². The molecule has 1 aromatic carbocycles. The first-order chi connectivity index (χ1) is 11.3. The number of aliphatic hydroxyl groups excluding tert-OH is 1. The monoisotopic (exact) mass is 348 g/mol. The maximum absolute atomic E-state index is 8.96. The van der Waals surface area contributed by atoms with Crippen LogP contribution in [0.2, 0.25) is 18.1 Å². The minimum Gasteiger partial charge on any atom is -0.414 e. The standard InChI is InChI=1S/C21H36O2Si/c1-21(2,3)24(4,5)23-20(17-11-12-18-22)16-10-9-15-19-13-7-6-8-14-19/h6-8,11-14,20,22H,9-10,15-18H2,1-5H3/b12-11+/t20-/m1/s1. The average molecular weight is 349 g/mol. The van der Waals surface area contributed by atoms with Crippen molar-refractivity contribution in [3.05, 3.63) is 48.0 Å². The van der Waals surface area contributed by atoms with E-state index >= 15 is 0 Å². The van der Waals surface area contributed by atoms with Gasteiger partial charge in [-0.1, -0.05) is 69.7 Å². The van der Waals surface area contributed by atoms with Crippen molar-refractivity contribution >= 4 is 8.32 Å². The molecule has 136 valence electrons. The molecule has 1 atom stereocenters. The molecule has 0 aliphatic heterocycles. The van der Waals surface area contributed by atoms with Crippen LogP contribution in [0.1, 0.15) is 52.0 Å². The first kappa shape index (κ1) is 21.1. The number of hydrogen-bond acceptors (Lipinski definition) is 2. The summed E-state index contributed by atoms with van der Waals surface area (Å²) in [5.74, 6) is 0. The van der Waals surface area contributed by atoms with Gasteiger partial charge >= 0.3 is 0 Å². The lowest BCUT2D eigenvalue weighted by molar-refractivity contribution is 0.170. The average Bonchev–Trinajstić information content (AvgIpc) is 2.51. The van der Waals surface area contributed by atoms with Crippen molar-refractivity contribution in [3.63, 3.8) is 0 Å². The molecule has 0 fully saturated rings. The van der Waals surface area contributed by atoms with Gasteiger partial charge < -0.3 is 9.53 Å². The van der Waals surface area contributed by atoms with Gasteiger partial charge in [0, 0.05) is 6.10 Å². The van der Waals surface area contributed by atoms with E-state index in [-0.39, 0.29) is 17.7 Å². The second-order valence-corrected chi connectivity index (χ2v) is 12.9. The second-order valence-electron chi connectivity index (χ2n) is 8.12. The lowest BCUT2D eigenvalue weighted by Gasteiger charge is -2.39. The van der Waals surface area contributed by atoms with E-state index in [0.29, 0.717) is 0 Å². The normalized spacial score (nSPS) is 14.2. The minimum atomic E-state index is -1.75. The third-order valence-corrected chi connectivity index (χ3v) is 9.56. The molecule has 2 nitrogen and oxygen atoms in total. The van der Waals surface area contributed by atoms with Crippen LogP contribution < -0.4 is 0 Å². The van der Waals surface area contributed by atoms with Gasteiger partial charge in [0.1, 0.15) is 0 Å². The largest absolute Gasteiger partial charge is 0.414 e. The van der Waals surface area contributed by atoms with Crippen molar-refractivity contribution in [1.29, 1.82) is 0 Å². The second kappa shape index (κ2) is 10.2. The van der Waals surface area contributed by atoms with Gasteiger partial charge in [0.25, 0.3) is 0 Å². The van der Waals surface area contributed by atoms with Gasteiger partial charge in [-0.05, 0) is 49.4 Å². The summed E-state index contributed by atoms with van der Waals surface area (Å²) >= 11 is 0. The van der Waals surface area contributed by atoms with E-state index in [1.54, 1.807) is 0 Å². The maximum Gasteiger partial charge on any atom is 0.192 e. The molecule has 0 radical (unpaired) electrons. The fraction of sp³-hybridized carbons (Fsp3) is 0.619. The van der Waals surface area contributed by atoms with Crippen LogP contribution in [0, 0.1) is 0 Å². The Labute approximate surface area is 150 Å². The molecule has 0 saturated heterocycles. The molecule has 3 heteroatoms. The Morgan fingerprint density at radius 3 is 2.33 bits per heavy atom. The van der Waals surface area contributed by atoms with Gasteiger partial charge in [0.05, 0.1) is 6.61 Å². The van der Waals surface area contributed by atoms with Crippen LogP contribution >= 0.6 is 0 Å². The maximum atomic E-state index is 8.96. The number of aryl methyl sites for hydroxylation is 1. The van der Waals surface area contributed by atoms with Gasteiger partial charge in [-0.2, -0.15) is 0 Å². The predicted octanol–water partition coefficient (Wildman–Crippen LogP) is 5.73. The summed E-state index contributed by atoms with van der Waals surface area (Å²) in [6.45, 7) is 11.6. The molecule has 1 N–H and O–H groups in total. The molecule has 0 aliphatic carbocycles.